The number of piperazine rings is 1. The van der Waals surface area contributed by atoms with Crippen LogP contribution >= 0.6 is 11.8 Å². The predicted octanol–water partition coefficient (Wildman–Crippen LogP) is 7.79. The Hall–Kier alpha value is -2.12. The Bertz CT molecular complexity index is 1100. The second kappa shape index (κ2) is 20.1. The molecule has 2 saturated heterocycles. The minimum atomic E-state index is 0.265. The zero-order chi connectivity index (χ0) is 31.7. The molecule has 0 radical (unpaired) electrons. The third kappa shape index (κ3) is 11.3. The number of likely N-dealkylation sites (tertiary alicyclic amines) is 1. The number of hydrogen-bond donors (Lipinski definition) is 0. The number of ether oxygens (including phenoxy) is 1. The van der Waals surface area contributed by atoms with Crippen molar-refractivity contribution in [2.45, 2.75) is 98.2 Å². The van der Waals surface area contributed by atoms with Gasteiger partial charge in [0.1, 0.15) is 0 Å². The summed E-state index contributed by atoms with van der Waals surface area (Å²) in [6.45, 7) is 19.6. The summed E-state index contributed by atoms with van der Waals surface area (Å²) in [6.07, 6.45) is 8.50. The van der Waals surface area contributed by atoms with Crippen LogP contribution in [0.4, 0.5) is 0 Å². The molecule has 2 heterocycles. The van der Waals surface area contributed by atoms with E-state index in [2.05, 4.69) is 90.9 Å². The van der Waals surface area contributed by atoms with E-state index in [1.165, 1.54) is 22.3 Å². The number of carbonyl (C=O) groups is 1. The van der Waals surface area contributed by atoms with Crippen molar-refractivity contribution in [1.29, 1.82) is 0 Å². The monoisotopic (exact) mass is 621 g/mol. The smallest absolute Gasteiger partial charge is 0.232 e. The van der Waals surface area contributed by atoms with Crippen molar-refractivity contribution in [3.63, 3.8) is 0 Å². The van der Waals surface area contributed by atoms with Gasteiger partial charge in [-0.1, -0.05) is 82.3 Å². The molecule has 0 aliphatic carbocycles. The number of nitrogens with zero attached hydrogens (tertiary/aromatic N) is 3. The summed E-state index contributed by atoms with van der Waals surface area (Å²) in [5.41, 5.74) is 5.66. The maximum atomic E-state index is 12.7. The first-order chi connectivity index (χ1) is 21.5. The Morgan fingerprint density at radius 1 is 0.932 bits per heavy atom. The summed E-state index contributed by atoms with van der Waals surface area (Å²) in [5, 5.41) is 2.00. The van der Waals surface area contributed by atoms with E-state index in [1.54, 1.807) is 11.8 Å². The average molecular weight is 622 g/mol. The quantitative estimate of drug-likeness (QED) is 0.201. The number of piperidine rings is 1. The number of benzene rings is 2. The summed E-state index contributed by atoms with van der Waals surface area (Å²) in [7, 11) is 0. The van der Waals surface area contributed by atoms with Crippen molar-refractivity contribution < 1.29 is 9.53 Å². The van der Waals surface area contributed by atoms with E-state index in [0.29, 0.717) is 30.5 Å². The molecular formula is C38H59N3O2S. The van der Waals surface area contributed by atoms with Crippen LogP contribution in [0.1, 0.15) is 89.1 Å². The van der Waals surface area contributed by atoms with Crippen molar-refractivity contribution in [1.82, 2.24) is 14.7 Å². The van der Waals surface area contributed by atoms with Gasteiger partial charge in [0.2, 0.25) is 5.91 Å². The zero-order valence-corrected chi connectivity index (χ0v) is 29.3. The molecule has 0 spiro atoms. The number of carbonyl (C=O) groups excluding carboxylic acids is 1. The molecule has 2 atom stereocenters. The number of aryl methyl sites for hydroxylation is 3. The third-order valence-electron chi connectivity index (χ3n) is 9.10. The summed E-state index contributed by atoms with van der Waals surface area (Å²) >= 11 is 1.58. The Balaban J connectivity index is 0.00000259. The van der Waals surface area contributed by atoms with Crippen LogP contribution in [0.25, 0.3) is 0 Å². The molecule has 0 unspecified atom stereocenters. The van der Waals surface area contributed by atoms with Gasteiger partial charge in [0.05, 0.1) is 12.4 Å². The van der Waals surface area contributed by atoms with E-state index in [4.69, 9.17) is 4.74 Å². The zero-order valence-electron chi connectivity index (χ0n) is 28.5. The molecule has 2 aliphatic rings. The SMILES string of the molecule is CC.CCCOC/C=C\SCC(=O)N1CCC(N2CCN([C@@H](C)c3ccc(CCc4ccc(CC)cc4)cc3)[C@H](C)C2)CC1. The van der Waals surface area contributed by atoms with E-state index in [-0.39, 0.29) is 5.91 Å². The third-order valence-corrected chi connectivity index (χ3v) is 9.90. The first kappa shape index (κ1) is 36.3. The van der Waals surface area contributed by atoms with Gasteiger partial charge in [-0.3, -0.25) is 14.6 Å². The second-order valence-electron chi connectivity index (χ2n) is 12.0. The lowest BCUT2D eigenvalue weighted by molar-refractivity contribution is -0.130. The van der Waals surface area contributed by atoms with Crippen LogP contribution in [0.2, 0.25) is 0 Å². The van der Waals surface area contributed by atoms with Crippen LogP contribution in [0.5, 0.6) is 0 Å². The summed E-state index contributed by atoms with van der Waals surface area (Å²) in [6, 6.07) is 20.0. The van der Waals surface area contributed by atoms with Gasteiger partial charge >= 0.3 is 0 Å². The van der Waals surface area contributed by atoms with Gasteiger partial charge in [0, 0.05) is 57.5 Å². The number of hydrogen-bond acceptors (Lipinski definition) is 5. The number of thioether (sulfide) groups is 1. The normalized spacial score (nSPS) is 19.1. The van der Waals surface area contributed by atoms with Crippen LogP contribution in [0, 0.1) is 0 Å². The lowest BCUT2D eigenvalue weighted by Gasteiger charge is -2.47. The number of amides is 1. The first-order valence-electron chi connectivity index (χ1n) is 17.3. The Labute approximate surface area is 273 Å². The molecule has 0 saturated carbocycles. The van der Waals surface area contributed by atoms with Crippen LogP contribution in [-0.2, 0) is 28.8 Å². The molecule has 0 aromatic heterocycles. The molecule has 44 heavy (non-hydrogen) atoms. The van der Waals surface area contributed by atoms with Gasteiger partial charge in [-0.25, -0.2) is 0 Å². The highest BCUT2D eigenvalue weighted by Gasteiger charge is 2.33. The lowest BCUT2D eigenvalue weighted by atomic mass is 9.97. The van der Waals surface area contributed by atoms with Crippen LogP contribution in [-0.4, -0.2) is 84.4 Å². The highest BCUT2D eigenvalue weighted by Crippen LogP contribution is 2.28. The summed E-state index contributed by atoms with van der Waals surface area (Å²) < 4.78 is 5.45. The minimum absolute atomic E-state index is 0.265. The number of rotatable bonds is 14. The largest absolute Gasteiger partial charge is 0.377 e. The van der Waals surface area contributed by atoms with Crippen molar-refractivity contribution in [3.8, 4) is 0 Å². The average Bonchev–Trinajstić information content (AvgIpc) is 3.08. The van der Waals surface area contributed by atoms with Crippen LogP contribution in [0.15, 0.2) is 60.0 Å². The minimum Gasteiger partial charge on any atom is -0.377 e. The van der Waals surface area contributed by atoms with Crippen molar-refractivity contribution in [3.05, 3.63) is 82.3 Å². The molecule has 0 N–H and O–H groups in total. The Morgan fingerprint density at radius 3 is 2.14 bits per heavy atom. The van der Waals surface area contributed by atoms with Gasteiger partial charge in [-0.2, -0.15) is 0 Å². The molecule has 2 aromatic carbocycles. The summed E-state index contributed by atoms with van der Waals surface area (Å²) in [4.78, 5) is 20.1. The molecule has 6 heteroatoms. The van der Waals surface area contributed by atoms with E-state index in [0.717, 1.165) is 77.9 Å². The molecule has 2 aliphatic heterocycles. The van der Waals surface area contributed by atoms with Crippen molar-refractivity contribution >= 4 is 17.7 Å². The lowest BCUT2D eigenvalue weighted by Crippen LogP contribution is -2.57. The van der Waals surface area contributed by atoms with E-state index in [1.807, 2.05) is 25.3 Å². The van der Waals surface area contributed by atoms with Crippen molar-refractivity contribution in [2.24, 2.45) is 0 Å². The van der Waals surface area contributed by atoms with Gasteiger partial charge in [0.15, 0.2) is 0 Å². The molecule has 244 valence electrons. The van der Waals surface area contributed by atoms with Gasteiger partial charge in [0.25, 0.3) is 0 Å². The van der Waals surface area contributed by atoms with Gasteiger partial charge in [-0.05, 0) is 80.0 Å². The van der Waals surface area contributed by atoms with E-state index < -0.39 is 0 Å². The highest BCUT2D eigenvalue weighted by molar-refractivity contribution is 8.02. The molecule has 2 fully saturated rings. The predicted molar refractivity (Wildman–Crippen MR) is 189 cm³/mol. The second-order valence-corrected chi connectivity index (χ2v) is 12.9. The highest BCUT2D eigenvalue weighted by atomic mass is 32.2. The van der Waals surface area contributed by atoms with Crippen LogP contribution < -0.4 is 0 Å². The topological polar surface area (TPSA) is 36.0 Å². The fourth-order valence-electron chi connectivity index (χ4n) is 6.39. The van der Waals surface area contributed by atoms with Gasteiger partial charge < -0.3 is 9.64 Å². The van der Waals surface area contributed by atoms with Crippen molar-refractivity contribution in [2.75, 3.05) is 51.7 Å². The molecule has 5 nitrogen and oxygen atoms in total. The summed E-state index contributed by atoms with van der Waals surface area (Å²) in [5.74, 6) is 0.789. The van der Waals surface area contributed by atoms with Crippen LogP contribution in [0.3, 0.4) is 0 Å². The van der Waals surface area contributed by atoms with E-state index in [9.17, 15) is 4.79 Å². The van der Waals surface area contributed by atoms with Gasteiger partial charge in [-0.15, -0.1) is 11.8 Å². The molecular weight excluding hydrogens is 563 g/mol. The molecule has 0 bridgehead atoms. The van der Waals surface area contributed by atoms with E-state index >= 15 is 0 Å². The standard InChI is InChI=1S/C36H53N3O2S.C2H6/c1-5-24-41-25-7-26-42-28-36(40)37-20-18-35(19-21-37)38-22-23-39(29(3)27-38)30(4)34-16-14-33(15-17-34)13-12-32-10-8-31(6-2)9-11-32;1-2/h7-11,14-17,26,29-30,35H,5-6,12-13,18-25,27-28H2,1-4H3;1-2H3/b26-7-;/t29-,30+;/m1./s1. The maximum Gasteiger partial charge on any atom is 0.232 e. The maximum absolute atomic E-state index is 12.7. The molecule has 1 amide bonds. The first-order valence-corrected chi connectivity index (χ1v) is 18.3. The molecule has 4 rings (SSSR count). The Morgan fingerprint density at radius 2 is 1.55 bits per heavy atom. The molecule has 2 aromatic rings. The fraction of sp³-hybridized carbons (Fsp3) is 0.605. The fourth-order valence-corrected chi connectivity index (χ4v) is 7.02. The Kier molecular flexibility index (Phi) is 16.6.